The topological polar surface area (TPSA) is 76.4 Å². The molecule has 1 rings (SSSR count). The summed E-state index contributed by atoms with van der Waals surface area (Å²) >= 11 is 0. The van der Waals surface area contributed by atoms with Crippen LogP contribution in [0.15, 0.2) is 22.6 Å². The highest BCUT2D eigenvalue weighted by atomic mass is 32.2. The number of aryl methyl sites for hydroxylation is 1. The van der Waals surface area contributed by atoms with Gasteiger partial charge in [0.2, 0.25) is 5.91 Å². The first-order valence-corrected chi connectivity index (χ1v) is 8.85. The van der Waals surface area contributed by atoms with Crippen LogP contribution < -0.4 is 5.32 Å². The third-order valence-corrected chi connectivity index (χ3v) is 6.11. The minimum absolute atomic E-state index is 0.110. The monoisotopic (exact) mass is 313 g/mol. The van der Waals surface area contributed by atoms with Crippen molar-refractivity contribution >= 4 is 21.8 Å². The molecule has 0 fully saturated rings. The minimum Gasteiger partial charge on any atom is -0.462 e. The predicted molar refractivity (Wildman–Crippen MR) is 83.6 cm³/mol. The third-order valence-electron chi connectivity index (χ3n) is 3.82. The molecule has 6 heteroatoms. The normalized spacial score (nSPS) is 12.8. The lowest BCUT2D eigenvalue weighted by atomic mass is 10.0. The Bertz CT molecular complexity index is 609. The second-order valence-electron chi connectivity index (χ2n) is 5.16. The van der Waals surface area contributed by atoms with Crippen LogP contribution in [-0.4, -0.2) is 31.9 Å². The molecule has 1 aromatic rings. The first-order chi connectivity index (χ1) is 9.74. The van der Waals surface area contributed by atoms with E-state index in [1.807, 2.05) is 20.8 Å². The molecule has 0 bridgehead atoms. The molecule has 5 nitrogen and oxygen atoms in total. The van der Waals surface area contributed by atoms with Gasteiger partial charge >= 0.3 is 0 Å². The van der Waals surface area contributed by atoms with Crippen molar-refractivity contribution < 1.29 is 17.6 Å². The summed E-state index contributed by atoms with van der Waals surface area (Å²) in [5, 5.41) is 2.66. The van der Waals surface area contributed by atoms with Gasteiger partial charge in [-0.25, -0.2) is 8.42 Å². The summed E-state index contributed by atoms with van der Waals surface area (Å²) in [7, 11) is -3.24. The number of rotatable bonds is 7. The van der Waals surface area contributed by atoms with Gasteiger partial charge < -0.3 is 9.73 Å². The van der Waals surface area contributed by atoms with E-state index in [1.54, 1.807) is 18.2 Å². The van der Waals surface area contributed by atoms with E-state index in [-0.39, 0.29) is 12.5 Å². The van der Waals surface area contributed by atoms with Crippen molar-refractivity contribution in [2.45, 2.75) is 38.4 Å². The van der Waals surface area contributed by atoms with Crippen molar-refractivity contribution in [1.29, 1.82) is 0 Å². The second-order valence-corrected chi connectivity index (χ2v) is 7.57. The number of furan rings is 1. The largest absolute Gasteiger partial charge is 0.462 e. The van der Waals surface area contributed by atoms with Gasteiger partial charge in [0.15, 0.2) is 9.84 Å². The Labute approximate surface area is 126 Å². The molecule has 0 spiro atoms. The Hall–Kier alpha value is -1.56. The van der Waals surface area contributed by atoms with Crippen LogP contribution in [0.4, 0.5) is 0 Å². The van der Waals surface area contributed by atoms with Gasteiger partial charge in [0.1, 0.15) is 11.5 Å². The highest BCUT2D eigenvalue weighted by Gasteiger charge is 2.37. The van der Waals surface area contributed by atoms with Crippen molar-refractivity contribution in [2.75, 3.05) is 12.8 Å². The highest BCUT2D eigenvalue weighted by molar-refractivity contribution is 7.92. The Kier molecular flexibility index (Phi) is 5.78. The van der Waals surface area contributed by atoms with Crippen molar-refractivity contribution in [3.05, 3.63) is 29.7 Å². The van der Waals surface area contributed by atoms with Crippen molar-refractivity contribution in [3.8, 4) is 0 Å². The zero-order chi connectivity index (χ0) is 16.1. The van der Waals surface area contributed by atoms with Gasteiger partial charge in [-0.15, -0.1) is 0 Å². The summed E-state index contributed by atoms with van der Waals surface area (Å²) in [5.74, 6) is 1.02. The SMILES string of the molecule is CCC(CC)(CNC(=O)/C=C\c1ccc(C)o1)S(C)(=O)=O. The lowest BCUT2D eigenvalue weighted by Gasteiger charge is -2.29. The molecule has 1 aromatic heterocycles. The summed E-state index contributed by atoms with van der Waals surface area (Å²) in [6, 6.07) is 3.57. The second kappa shape index (κ2) is 6.93. The molecule has 0 aliphatic heterocycles. The van der Waals surface area contributed by atoms with E-state index in [1.165, 1.54) is 12.3 Å². The van der Waals surface area contributed by atoms with Crippen LogP contribution in [-0.2, 0) is 14.6 Å². The van der Waals surface area contributed by atoms with E-state index in [0.717, 1.165) is 5.76 Å². The zero-order valence-corrected chi connectivity index (χ0v) is 13.8. The average molecular weight is 313 g/mol. The average Bonchev–Trinajstić information content (AvgIpc) is 2.82. The molecule has 1 N–H and O–H groups in total. The molecule has 21 heavy (non-hydrogen) atoms. The van der Waals surface area contributed by atoms with E-state index < -0.39 is 14.6 Å². The fraction of sp³-hybridized carbons (Fsp3) is 0.533. The summed E-state index contributed by atoms with van der Waals surface area (Å²) in [4.78, 5) is 11.8. The van der Waals surface area contributed by atoms with Gasteiger partial charge in [-0.05, 0) is 38.0 Å². The van der Waals surface area contributed by atoms with Gasteiger partial charge in [-0.2, -0.15) is 0 Å². The maximum atomic E-state index is 11.9. The molecule has 0 saturated heterocycles. The molecule has 0 saturated carbocycles. The summed E-state index contributed by atoms with van der Waals surface area (Å²) in [6.07, 6.45) is 5.04. The van der Waals surface area contributed by atoms with E-state index in [4.69, 9.17) is 4.42 Å². The van der Waals surface area contributed by atoms with Crippen LogP contribution >= 0.6 is 0 Å². The van der Waals surface area contributed by atoms with E-state index in [0.29, 0.717) is 18.6 Å². The van der Waals surface area contributed by atoms with Gasteiger partial charge in [0, 0.05) is 18.9 Å². The molecular weight excluding hydrogens is 290 g/mol. The maximum absolute atomic E-state index is 11.9. The van der Waals surface area contributed by atoms with Crippen molar-refractivity contribution in [1.82, 2.24) is 5.32 Å². The van der Waals surface area contributed by atoms with Gasteiger partial charge in [-0.1, -0.05) is 13.8 Å². The van der Waals surface area contributed by atoms with Crippen LogP contribution in [0.3, 0.4) is 0 Å². The summed E-state index contributed by atoms with van der Waals surface area (Å²) in [6.45, 7) is 5.57. The van der Waals surface area contributed by atoms with Crippen molar-refractivity contribution in [2.24, 2.45) is 0 Å². The molecule has 0 unspecified atom stereocenters. The Balaban J connectivity index is 2.69. The lowest BCUT2D eigenvalue weighted by molar-refractivity contribution is -0.116. The van der Waals surface area contributed by atoms with Gasteiger partial charge in [0.05, 0.1) is 4.75 Å². The first-order valence-electron chi connectivity index (χ1n) is 6.96. The number of hydrogen-bond donors (Lipinski definition) is 1. The van der Waals surface area contributed by atoms with Gasteiger partial charge in [-0.3, -0.25) is 4.79 Å². The van der Waals surface area contributed by atoms with Crippen LogP contribution in [0, 0.1) is 6.92 Å². The number of carbonyl (C=O) groups is 1. The molecule has 118 valence electrons. The summed E-state index contributed by atoms with van der Waals surface area (Å²) < 4.78 is 28.3. The van der Waals surface area contributed by atoms with Crippen molar-refractivity contribution in [3.63, 3.8) is 0 Å². The van der Waals surface area contributed by atoms with E-state index in [2.05, 4.69) is 5.32 Å². The van der Waals surface area contributed by atoms with Crippen LogP contribution in [0.5, 0.6) is 0 Å². The number of carbonyl (C=O) groups excluding carboxylic acids is 1. The minimum atomic E-state index is -3.24. The number of hydrogen-bond acceptors (Lipinski definition) is 4. The predicted octanol–water partition coefficient (Wildman–Crippen LogP) is 2.32. The number of amides is 1. The number of nitrogens with one attached hydrogen (secondary N) is 1. The van der Waals surface area contributed by atoms with Crippen LogP contribution in [0.25, 0.3) is 6.08 Å². The number of sulfone groups is 1. The Morgan fingerprint density at radius 1 is 1.33 bits per heavy atom. The Morgan fingerprint density at radius 3 is 2.38 bits per heavy atom. The first kappa shape index (κ1) is 17.5. The zero-order valence-electron chi connectivity index (χ0n) is 13.0. The molecule has 0 aliphatic rings. The molecular formula is C15H23NO4S. The maximum Gasteiger partial charge on any atom is 0.244 e. The molecule has 0 atom stereocenters. The molecule has 0 aliphatic carbocycles. The van der Waals surface area contributed by atoms with Crippen LogP contribution in [0.1, 0.15) is 38.2 Å². The van der Waals surface area contributed by atoms with E-state index in [9.17, 15) is 13.2 Å². The molecule has 1 amide bonds. The third kappa shape index (κ3) is 4.46. The fourth-order valence-corrected chi connectivity index (χ4v) is 3.55. The standard InChI is InChI=1S/C15H23NO4S/c1-5-15(6-2,21(4,18)19)11-16-14(17)10-9-13-8-7-12(3)20-13/h7-10H,5-6,11H2,1-4H3,(H,16,17)/b10-9-. The van der Waals surface area contributed by atoms with Gasteiger partial charge in [0.25, 0.3) is 0 Å². The quantitative estimate of drug-likeness (QED) is 0.784. The highest BCUT2D eigenvalue weighted by Crippen LogP contribution is 2.24. The Morgan fingerprint density at radius 2 is 1.95 bits per heavy atom. The molecule has 0 radical (unpaired) electrons. The molecule has 0 aromatic carbocycles. The van der Waals surface area contributed by atoms with E-state index >= 15 is 0 Å². The summed E-state index contributed by atoms with van der Waals surface area (Å²) in [5.41, 5.74) is 0. The lowest BCUT2D eigenvalue weighted by Crippen LogP contribution is -2.47. The smallest absolute Gasteiger partial charge is 0.244 e. The van der Waals surface area contributed by atoms with Crippen LogP contribution in [0.2, 0.25) is 0 Å². The fourth-order valence-electron chi connectivity index (χ4n) is 2.16. The molecule has 1 heterocycles.